The van der Waals surface area contributed by atoms with Crippen molar-refractivity contribution in [2.75, 3.05) is 26.2 Å². The molecule has 0 saturated carbocycles. The van der Waals surface area contributed by atoms with Gasteiger partial charge in [-0.3, -0.25) is 14.6 Å². The van der Waals surface area contributed by atoms with Crippen LogP contribution in [-0.2, 0) is 11.2 Å². The predicted octanol–water partition coefficient (Wildman–Crippen LogP) is 1.84. The number of hydrogen-bond donors (Lipinski definition) is 1. The number of nitrogens with zero attached hydrogens (tertiary/aromatic N) is 3. The van der Waals surface area contributed by atoms with E-state index in [4.69, 9.17) is 0 Å². The lowest BCUT2D eigenvalue weighted by atomic mass is 10.1. The molecule has 1 N–H and O–H groups in total. The lowest BCUT2D eigenvalue weighted by Crippen LogP contribution is -2.38. The minimum atomic E-state index is -0.665. The number of halogens is 1. The number of carbonyl (C=O) groups excluding carboxylic acids is 2. The quantitative estimate of drug-likeness (QED) is 0.910. The fraction of sp³-hybridized carbons (Fsp3) is 0.316. The van der Waals surface area contributed by atoms with Crippen LogP contribution in [0.25, 0.3) is 0 Å². The maximum absolute atomic E-state index is 13.9. The van der Waals surface area contributed by atoms with Crippen LogP contribution in [0.2, 0.25) is 0 Å². The van der Waals surface area contributed by atoms with Crippen LogP contribution in [0.1, 0.15) is 22.3 Å². The van der Waals surface area contributed by atoms with E-state index < -0.39 is 11.7 Å². The Kier molecular flexibility index (Phi) is 5.46. The van der Waals surface area contributed by atoms with Gasteiger partial charge in [-0.1, -0.05) is 6.07 Å². The minimum Gasteiger partial charge on any atom is -0.508 e. The first-order valence-electron chi connectivity index (χ1n) is 8.49. The highest BCUT2D eigenvalue weighted by atomic mass is 19.1. The van der Waals surface area contributed by atoms with Crippen molar-refractivity contribution < 1.29 is 19.1 Å². The summed E-state index contributed by atoms with van der Waals surface area (Å²) in [6, 6.07) is 7.05. The first-order valence-corrected chi connectivity index (χ1v) is 8.49. The molecule has 26 heavy (non-hydrogen) atoms. The zero-order valence-corrected chi connectivity index (χ0v) is 14.3. The van der Waals surface area contributed by atoms with Crippen LogP contribution in [-0.4, -0.2) is 57.9 Å². The molecule has 2 heterocycles. The van der Waals surface area contributed by atoms with Crippen LogP contribution in [0.4, 0.5) is 4.39 Å². The molecular formula is C19H20FN3O3. The Labute approximate surface area is 150 Å². The first kappa shape index (κ1) is 17.8. The largest absolute Gasteiger partial charge is 0.508 e. The van der Waals surface area contributed by atoms with Crippen LogP contribution < -0.4 is 0 Å². The molecule has 3 rings (SSSR count). The molecule has 136 valence electrons. The van der Waals surface area contributed by atoms with Crippen molar-refractivity contribution in [3.63, 3.8) is 0 Å². The van der Waals surface area contributed by atoms with Crippen LogP contribution >= 0.6 is 0 Å². The molecule has 0 radical (unpaired) electrons. The molecule has 0 atom stereocenters. The highest BCUT2D eigenvalue weighted by molar-refractivity contribution is 5.95. The summed E-state index contributed by atoms with van der Waals surface area (Å²) in [5, 5.41) is 9.50. The summed E-state index contributed by atoms with van der Waals surface area (Å²) in [6.07, 6.45) is 4.20. The predicted molar refractivity (Wildman–Crippen MR) is 93.1 cm³/mol. The maximum Gasteiger partial charge on any atom is 0.257 e. The molecule has 0 aliphatic carbocycles. The smallest absolute Gasteiger partial charge is 0.257 e. The van der Waals surface area contributed by atoms with Gasteiger partial charge in [-0.25, -0.2) is 4.39 Å². The van der Waals surface area contributed by atoms with Crippen molar-refractivity contribution in [3.8, 4) is 5.75 Å². The first-order chi connectivity index (χ1) is 12.5. The Morgan fingerprint density at radius 1 is 1.12 bits per heavy atom. The van der Waals surface area contributed by atoms with Crippen LogP contribution in [0, 0.1) is 5.82 Å². The van der Waals surface area contributed by atoms with E-state index in [1.54, 1.807) is 23.4 Å². The highest BCUT2D eigenvalue weighted by Gasteiger charge is 2.24. The van der Waals surface area contributed by atoms with Crippen molar-refractivity contribution in [3.05, 3.63) is 59.7 Å². The van der Waals surface area contributed by atoms with Crippen LogP contribution in [0.3, 0.4) is 0 Å². The summed E-state index contributed by atoms with van der Waals surface area (Å²) in [4.78, 5) is 32.3. The van der Waals surface area contributed by atoms with Crippen molar-refractivity contribution >= 4 is 11.8 Å². The second-order valence-electron chi connectivity index (χ2n) is 6.23. The van der Waals surface area contributed by atoms with Gasteiger partial charge in [0.25, 0.3) is 5.91 Å². The molecule has 1 saturated heterocycles. The summed E-state index contributed by atoms with van der Waals surface area (Å²) >= 11 is 0. The van der Waals surface area contributed by atoms with E-state index in [1.807, 2.05) is 6.07 Å². The van der Waals surface area contributed by atoms with Crippen LogP contribution in [0.5, 0.6) is 5.75 Å². The molecular weight excluding hydrogens is 337 g/mol. The zero-order valence-electron chi connectivity index (χ0n) is 14.3. The van der Waals surface area contributed by atoms with E-state index in [9.17, 15) is 19.1 Å². The fourth-order valence-electron chi connectivity index (χ4n) is 3.01. The third kappa shape index (κ3) is 4.17. The number of benzene rings is 1. The number of hydrogen-bond acceptors (Lipinski definition) is 4. The van der Waals surface area contributed by atoms with Gasteiger partial charge in [-0.15, -0.1) is 0 Å². The van der Waals surface area contributed by atoms with Gasteiger partial charge in [-0.2, -0.15) is 0 Å². The molecule has 1 aliphatic heterocycles. The summed E-state index contributed by atoms with van der Waals surface area (Å²) in [5.41, 5.74) is 0.691. The molecule has 1 aliphatic rings. The summed E-state index contributed by atoms with van der Waals surface area (Å²) in [7, 11) is 0. The van der Waals surface area contributed by atoms with Gasteiger partial charge in [0.15, 0.2) is 0 Å². The maximum atomic E-state index is 13.9. The van der Waals surface area contributed by atoms with Gasteiger partial charge < -0.3 is 14.9 Å². The van der Waals surface area contributed by atoms with Crippen molar-refractivity contribution in [1.82, 2.24) is 14.8 Å². The van der Waals surface area contributed by atoms with E-state index in [0.29, 0.717) is 32.6 Å². The number of phenolic OH excluding ortho intramolecular Hbond substituents is 1. The second kappa shape index (κ2) is 7.95. The number of carbonyl (C=O) groups is 2. The van der Waals surface area contributed by atoms with Crippen molar-refractivity contribution in [2.24, 2.45) is 0 Å². The van der Waals surface area contributed by atoms with Gasteiger partial charge >= 0.3 is 0 Å². The van der Waals surface area contributed by atoms with E-state index in [0.717, 1.165) is 17.7 Å². The third-order valence-corrected chi connectivity index (χ3v) is 4.39. The number of pyridine rings is 1. The van der Waals surface area contributed by atoms with Crippen molar-refractivity contribution in [2.45, 2.75) is 12.8 Å². The van der Waals surface area contributed by atoms with E-state index in [1.165, 1.54) is 11.0 Å². The number of phenols is 1. The lowest BCUT2D eigenvalue weighted by Gasteiger charge is -2.22. The molecule has 1 fully saturated rings. The highest BCUT2D eigenvalue weighted by Crippen LogP contribution is 2.18. The van der Waals surface area contributed by atoms with Gasteiger partial charge in [0.05, 0.1) is 12.0 Å². The zero-order chi connectivity index (χ0) is 18.5. The van der Waals surface area contributed by atoms with Gasteiger partial charge in [0, 0.05) is 38.6 Å². The SMILES string of the molecule is O=C(Cc1cccnc1)N1CCCN(C(=O)c2cc(O)ccc2F)CC1. The summed E-state index contributed by atoms with van der Waals surface area (Å²) in [6.45, 7) is 1.70. The lowest BCUT2D eigenvalue weighted by molar-refractivity contribution is -0.130. The number of aromatic nitrogens is 1. The normalized spacial score (nSPS) is 14.8. The molecule has 7 heteroatoms. The monoisotopic (exact) mass is 357 g/mol. The average molecular weight is 357 g/mol. The topological polar surface area (TPSA) is 73.7 Å². The Morgan fingerprint density at radius 3 is 2.65 bits per heavy atom. The van der Waals surface area contributed by atoms with E-state index in [2.05, 4.69) is 4.98 Å². The molecule has 0 spiro atoms. The molecule has 6 nitrogen and oxygen atoms in total. The fourth-order valence-corrected chi connectivity index (χ4v) is 3.01. The molecule has 1 aromatic heterocycles. The number of rotatable bonds is 3. The molecule has 2 aromatic rings. The molecule has 2 amide bonds. The third-order valence-electron chi connectivity index (χ3n) is 4.39. The Hall–Kier alpha value is -2.96. The van der Waals surface area contributed by atoms with Gasteiger partial charge in [-0.05, 0) is 36.2 Å². The summed E-state index contributed by atoms with van der Waals surface area (Å²) in [5.74, 6) is -1.31. The second-order valence-corrected chi connectivity index (χ2v) is 6.23. The van der Waals surface area contributed by atoms with Crippen LogP contribution in [0.15, 0.2) is 42.7 Å². The average Bonchev–Trinajstić information content (AvgIpc) is 2.90. The number of amides is 2. The minimum absolute atomic E-state index is 0.0177. The number of aromatic hydroxyl groups is 1. The summed E-state index contributed by atoms with van der Waals surface area (Å²) < 4.78 is 13.9. The van der Waals surface area contributed by atoms with Gasteiger partial charge in [0.1, 0.15) is 11.6 Å². The van der Waals surface area contributed by atoms with E-state index in [-0.39, 0.29) is 23.6 Å². The van der Waals surface area contributed by atoms with E-state index >= 15 is 0 Å². The Morgan fingerprint density at radius 2 is 1.88 bits per heavy atom. The molecule has 1 aromatic carbocycles. The van der Waals surface area contributed by atoms with Gasteiger partial charge in [0.2, 0.25) is 5.91 Å². The molecule has 0 unspecified atom stereocenters. The Bertz CT molecular complexity index is 798. The Balaban J connectivity index is 1.63. The standard InChI is InChI=1S/C19H20FN3O3/c20-17-5-4-15(24)12-16(17)19(26)23-8-2-7-22(9-10-23)18(25)11-14-3-1-6-21-13-14/h1,3-6,12-13,24H,2,7-11H2. The van der Waals surface area contributed by atoms with Crippen molar-refractivity contribution in [1.29, 1.82) is 0 Å². The molecule has 0 bridgehead atoms.